The number of ether oxygens (including phenoxy) is 1. The van der Waals surface area contributed by atoms with Gasteiger partial charge in [-0.1, -0.05) is 6.07 Å². The zero-order chi connectivity index (χ0) is 24.5. The van der Waals surface area contributed by atoms with Gasteiger partial charge in [-0.05, 0) is 81.1 Å². The van der Waals surface area contributed by atoms with E-state index in [0.717, 1.165) is 23.2 Å². The Hall–Kier alpha value is -3.13. The third-order valence-corrected chi connectivity index (χ3v) is 6.25. The lowest BCUT2D eigenvalue weighted by Crippen LogP contribution is -2.50. The molecule has 34 heavy (non-hydrogen) atoms. The molecule has 7 nitrogen and oxygen atoms in total. The first-order valence-electron chi connectivity index (χ1n) is 11.7. The summed E-state index contributed by atoms with van der Waals surface area (Å²) in [7, 11) is 0. The Balaban J connectivity index is 1.47. The van der Waals surface area contributed by atoms with Gasteiger partial charge in [0.1, 0.15) is 11.4 Å². The van der Waals surface area contributed by atoms with Crippen LogP contribution < -0.4 is 10.2 Å². The SMILES string of the molecule is CC(C)(C)OC(=O)N1CCN(c2ccc3c(c2)C(NC(=O)c2ccc(F)cc2)C(O)CC3)CC1. The minimum Gasteiger partial charge on any atom is -0.444 e. The van der Waals surface area contributed by atoms with Crippen LogP contribution >= 0.6 is 0 Å². The molecule has 2 unspecified atom stereocenters. The number of aliphatic hydroxyl groups excluding tert-OH is 1. The number of carbonyl (C=O) groups excluding carboxylic acids is 2. The number of aryl methyl sites for hydroxylation is 1. The van der Waals surface area contributed by atoms with Gasteiger partial charge in [0.25, 0.3) is 5.91 Å². The molecule has 1 aliphatic heterocycles. The molecule has 182 valence electrons. The van der Waals surface area contributed by atoms with Crippen LogP contribution in [0.5, 0.6) is 0 Å². The number of rotatable bonds is 3. The maximum Gasteiger partial charge on any atom is 0.410 e. The van der Waals surface area contributed by atoms with E-state index in [1.807, 2.05) is 32.9 Å². The molecule has 1 aliphatic carbocycles. The number of nitrogens with zero attached hydrogens (tertiary/aromatic N) is 2. The Labute approximate surface area is 199 Å². The third-order valence-electron chi connectivity index (χ3n) is 6.25. The van der Waals surface area contributed by atoms with E-state index >= 15 is 0 Å². The number of halogens is 1. The molecule has 0 saturated carbocycles. The van der Waals surface area contributed by atoms with Crippen molar-refractivity contribution < 1.29 is 23.8 Å². The molecular formula is C26H32FN3O4. The molecule has 2 aromatic rings. The summed E-state index contributed by atoms with van der Waals surface area (Å²) in [6.45, 7) is 8.00. The number of fused-ring (bicyclic) bond motifs is 1. The number of aliphatic hydroxyl groups is 1. The second-order valence-electron chi connectivity index (χ2n) is 9.90. The average Bonchev–Trinajstić information content (AvgIpc) is 2.80. The van der Waals surface area contributed by atoms with Gasteiger partial charge in [-0.3, -0.25) is 4.79 Å². The number of piperazine rings is 1. The van der Waals surface area contributed by atoms with Crippen molar-refractivity contribution >= 4 is 17.7 Å². The lowest BCUT2D eigenvalue weighted by atomic mass is 9.85. The Kier molecular flexibility index (Phi) is 6.79. The average molecular weight is 470 g/mol. The first kappa shape index (κ1) is 24.0. The van der Waals surface area contributed by atoms with E-state index in [-0.39, 0.29) is 12.0 Å². The highest BCUT2D eigenvalue weighted by Crippen LogP contribution is 2.34. The maximum atomic E-state index is 13.2. The van der Waals surface area contributed by atoms with Crippen molar-refractivity contribution in [3.05, 3.63) is 65.0 Å². The van der Waals surface area contributed by atoms with Crippen LogP contribution in [0.3, 0.4) is 0 Å². The van der Waals surface area contributed by atoms with Gasteiger partial charge in [0.15, 0.2) is 0 Å². The fourth-order valence-corrected chi connectivity index (χ4v) is 4.45. The highest BCUT2D eigenvalue weighted by Gasteiger charge is 2.31. The van der Waals surface area contributed by atoms with Crippen molar-refractivity contribution in [3.63, 3.8) is 0 Å². The summed E-state index contributed by atoms with van der Waals surface area (Å²) in [6, 6.07) is 10.9. The summed E-state index contributed by atoms with van der Waals surface area (Å²) >= 11 is 0. The van der Waals surface area contributed by atoms with Crippen LogP contribution in [0.25, 0.3) is 0 Å². The number of hydrogen-bond acceptors (Lipinski definition) is 5. The number of carbonyl (C=O) groups is 2. The molecule has 1 heterocycles. The van der Waals surface area contributed by atoms with Gasteiger partial charge in [-0.15, -0.1) is 0 Å². The normalized spacial score (nSPS) is 20.5. The van der Waals surface area contributed by atoms with Crippen LogP contribution in [0.15, 0.2) is 42.5 Å². The quantitative estimate of drug-likeness (QED) is 0.717. The zero-order valence-electron chi connectivity index (χ0n) is 19.9. The predicted octanol–water partition coefficient (Wildman–Crippen LogP) is 3.66. The first-order valence-corrected chi connectivity index (χ1v) is 11.7. The van der Waals surface area contributed by atoms with Crippen molar-refractivity contribution in [2.24, 2.45) is 0 Å². The second kappa shape index (κ2) is 9.62. The molecule has 0 aromatic heterocycles. The lowest BCUT2D eigenvalue weighted by Gasteiger charge is -2.38. The Morgan fingerprint density at radius 1 is 1.06 bits per heavy atom. The molecule has 4 rings (SSSR count). The van der Waals surface area contributed by atoms with Crippen molar-refractivity contribution in [3.8, 4) is 0 Å². The van der Waals surface area contributed by atoms with Crippen LogP contribution in [0, 0.1) is 5.82 Å². The Bertz CT molecular complexity index is 1040. The molecule has 0 bridgehead atoms. The summed E-state index contributed by atoms with van der Waals surface area (Å²) in [4.78, 5) is 29.0. The van der Waals surface area contributed by atoms with Crippen molar-refractivity contribution in [2.45, 2.75) is 51.4 Å². The summed E-state index contributed by atoms with van der Waals surface area (Å²) in [5, 5.41) is 13.6. The fourth-order valence-electron chi connectivity index (χ4n) is 4.45. The smallest absolute Gasteiger partial charge is 0.410 e. The maximum absolute atomic E-state index is 13.2. The zero-order valence-corrected chi connectivity index (χ0v) is 19.9. The monoisotopic (exact) mass is 469 g/mol. The number of anilines is 1. The number of nitrogens with one attached hydrogen (secondary N) is 1. The summed E-state index contributed by atoms with van der Waals surface area (Å²) in [5.41, 5.74) is 2.78. The number of hydrogen-bond donors (Lipinski definition) is 2. The summed E-state index contributed by atoms with van der Waals surface area (Å²) in [6.07, 6.45) is 0.266. The molecule has 1 saturated heterocycles. The van der Waals surface area contributed by atoms with E-state index in [1.54, 1.807) is 4.90 Å². The van der Waals surface area contributed by atoms with Crippen LogP contribution in [-0.2, 0) is 11.2 Å². The van der Waals surface area contributed by atoms with E-state index < -0.39 is 23.6 Å². The van der Waals surface area contributed by atoms with E-state index in [0.29, 0.717) is 38.2 Å². The molecule has 0 radical (unpaired) electrons. The van der Waals surface area contributed by atoms with Gasteiger partial charge in [0, 0.05) is 37.4 Å². The fraction of sp³-hybridized carbons (Fsp3) is 0.462. The Morgan fingerprint density at radius 2 is 1.74 bits per heavy atom. The van der Waals surface area contributed by atoms with Gasteiger partial charge >= 0.3 is 6.09 Å². The van der Waals surface area contributed by atoms with E-state index in [9.17, 15) is 19.1 Å². The van der Waals surface area contributed by atoms with Gasteiger partial charge in [0.05, 0.1) is 12.1 Å². The van der Waals surface area contributed by atoms with Crippen molar-refractivity contribution in [2.75, 3.05) is 31.1 Å². The molecular weight excluding hydrogens is 437 g/mol. The van der Waals surface area contributed by atoms with Gasteiger partial charge in [-0.2, -0.15) is 0 Å². The highest BCUT2D eigenvalue weighted by molar-refractivity contribution is 5.94. The first-order chi connectivity index (χ1) is 16.1. The van der Waals surface area contributed by atoms with E-state index in [2.05, 4.69) is 16.3 Å². The largest absolute Gasteiger partial charge is 0.444 e. The van der Waals surface area contributed by atoms with Crippen molar-refractivity contribution in [1.29, 1.82) is 0 Å². The topological polar surface area (TPSA) is 82.1 Å². The second-order valence-corrected chi connectivity index (χ2v) is 9.90. The van der Waals surface area contributed by atoms with Crippen LogP contribution in [0.4, 0.5) is 14.9 Å². The number of amides is 2. The van der Waals surface area contributed by atoms with Crippen LogP contribution in [-0.4, -0.2) is 59.9 Å². The van der Waals surface area contributed by atoms with Gasteiger partial charge in [0.2, 0.25) is 0 Å². The molecule has 8 heteroatoms. The summed E-state index contributed by atoms with van der Waals surface area (Å²) < 4.78 is 18.7. The third kappa shape index (κ3) is 5.50. The van der Waals surface area contributed by atoms with Crippen LogP contribution in [0.1, 0.15) is 54.7 Å². The standard InChI is InChI=1S/C26H32FN3O4/c1-26(2,3)34-25(33)30-14-12-29(13-15-30)20-10-6-17-7-11-22(31)23(21(17)16-20)28-24(32)18-4-8-19(27)9-5-18/h4-6,8-10,16,22-23,31H,7,11-15H2,1-3H3,(H,28,32). The molecule has 2 N–H and O–H groups in total. The molecule has 1 fully saturated rings. The van der Waals surface area contributed by atoms with E-state index in [1.165, 1.54) is 24.3 Å². The minimum absolute atomic E-state index is 0.302. The molecule has 2 atom stereocenters. The minimum atomic E-state index is -0.712. The van der Waals surface area contributed by atoms with Crippen LogP contribution in [0.2, 0.25) is 0 Å². The highest BCUT2D eigenvalue weighted by atomic mass is 19.1. The Morgan fingerprint density at radius 3 is 2.38 bits per heavy atom. The van der Waals surface area contributed by atoms with Gasteiger partial charge < -0.3 is 25.0 Å². The lowest BCUT2D eigenvalue weighted by molar-refractivity contribution is 0.0240. The van der Waals surface area contributed by atoms with E-state index in [4.69, 9.17) is 4.74 Å². The number of benzene rings is 2. The molecule has 2 aromatic carbocycles. The molecule has 2 aliphatic rings. The van der Waals surface area contributed by atoms with Gasteiger partial charge in [-0.25, -0.2) is 9.18 Å². The summed E-state index contributed by atoms with van der Waals surface area (Å²) in [5.74, 6) is -0.760. The molecule has 0 spiro atoms. The predicted molar refractivity (Wildman–Crippen MR) is 127 cm³/mol. The van der Waals surface area contributed by atoms with Crippen molar-refractivity contribution in [1.82, 2.24) is 10.2 Å². The molecule has 2 amide bonds.